The van der Waals surface area contributed by atoms with E-state index in [9.17, 15) is 9.90 Å². The first-order chi connectivity index (χ1) is 7.18. The number of aliphatic hydroxyl groups excluding tert-OH is 1. The summed E-state index contributed by atoms with van der Waals surface area (Å²) in [5.41, 5.74) is 0. The van der Waals surface area contributed by atoms with Crippen molar-refractivity contribution in [2.75, 3.05) is 25.1 Å². The second-order valence-electron chi connectivity index (χ2n) is 4.32. The minimum atomic E-state index is -0.356. The molecule has 2 heterocycles. The van der Waals surface area contributed by atoms with Gasteiger partial charge in [-0.1, -0.05) is 0 Å². The standard InChI is InChI=1S/C10H18N2O2S/c1-12(7-2-3-15-6-7)10(14)9-4-8(13)5-11-9/h7-9,11,13H,2-6H2,1H3/t7?,8-,9+/m0/s1. The molecule has 0 saturated carbocycles. The van der Waals surface area contributed by atoms with Gasteiger partial charge in [-0.25, -0.2) is 0 Å². The van der Waals surface area contributed by atoms with Gasteiger partial charge < -0.3 is 15.3 Å². The lowest BCUT2D eigenvalue weighted by atomic mass is 10.1. The Kier molecular flexibility index (Phi) is 3.53. The molecule has 0 aromatic rings. The number of likely N-dealkylation sites (N-methyl/N-ethyl adjacent to an activating group) is 1. The maximum absolute atomic E-state index is 12.0. The predicted octanol–water partition coefficient (Wildman–Crippen LogP) is -0.327. The predicted molar refractivity (Wildman–Crippen MR) is 60.9 cm³/mol. The number of carbonyl (C=O) groups excluding carboxylic acids is 1. The van der Waals surface area contributed by atoms with Gasteiger partial charge in [0.25, 0.3) is 0 Å². The summed E-state index contributed by atoms with van der Waals surface area (Å²) in [7, 11) is 1.88. The molecule has 0 radical (unpaired) electrons. The molecule has 1 unspecified atom stereocenters. The molecule has 2 aliphatic heterocycles. The molecule has 2 fully saturated rings. The summed E-state index contributed by atoms with van der Waals surface area (Å²) in [6, 6.07) is 0.220. The number of hydrogen-bond acceptors (Lipinski definition) is 4. The minimum absolute atomic E-state index is 0.138. The van der Waals surface area contributed by atoms with Crippen LogP contribution in [-0.4, -0.2) is 59.2 Å². The monoisotopic (exact) mass is 230 g/mol. The number of carbonyl (C=O) groups is 1. The molecule has 1 amide bonds. The van der Waals surface area contributed by atoms with Gasteiger partial charge in [-0.15, -0.1) is 0 Å². The summed E-state index contributed by atoms with van der Waals surface area (Å²) in [4.78, 5) is 13.9. The van der Waals surface area contributed by atoms with Crippen molar-refractivity contribution in [1.82, 2.24) is 10.2 Å². The fourth-order valence-corrected chi connectivity index (χ4v) is 3.43. The number of nitrogens with one attached hydrogen (secondary N) is 1. The van der Waals surface area contributed by atoms with Gasteiger partial charge >= 0.3 is 0 Å². The average molecular weight is 230 g/mol. The largest absolute Gasteiger partial charge is 0.392 e. The molecule has 15 heavy (non-hydrogen) atoms. The van der Waals surface area contributed by atoms with E-state index in [4.69, 9.17) is 0 Å². The molecule has 0 aliphatic carbocycles. The summed E-state index contributed by atoms with van der Waals surface area (Å²) in [6.07, 6.45) is 1.30. The molecule has 0 spiro atoms. The zero-order chi connectivity index (χ0) is 10.8. The molecule has 2 N–H and O–H groups in total. The van der Waals surface area contributed by atoms with Crippen molar-refractivity contribution in [2.45, 2.75) is 31.0 Å². The Hall–Kier alpha value is -0.260. The van der Waals surface area contributed by atoms with Gasteiger partial charge in [-0.2, -0.15) is 11.8 Å². The van der Waals surface area contributed by atoms with Gasteiger partial charge in [-0.05, 0) is 18.6 Å². The highest BCUT2D eigenvalue weighted by Gasteiger charge is 2.33. The summed E-state index contributed by atoms with van der Waals surface area (Å²) in [6.45, 7) is 0.545. The number of amides is 1. The third kappa shape index (κ3) is 2.46. The van der Waals surface area contributed by atoms with Crippen molar-refractivity contribution in [3.8, 4) is 0 Å². The lowest BCUT2D eigenvalue weighted by molar-refractivity contribution is -0.133. The highest BCUT2D eigenvalue weighted by molar-refractivity contribution is 7.99. The minimum Gasteiger partial charge on any atom is -0.392 e. The van der Waals surface area contributed by atoms with E-state index < -0.39 is 0 Å². The number of aliphatic hydroxyl groups is 1. The van der Waals surface area contributed by atoms with Crippen LogP contribution in [-0.2, 0) is 4.79 Å². The van der Waals surface area contributed by atoms with Crippen LogP contribution in [0.2, 0.25) is 0 Å². The Bertz CT molecular complexity index is 244. The van der Waals surface area contributed by atoms with Gasteiger partial charge in [0.15, 0.2) is 0 Å². The normalized spacial score (nSPS) is 35.7. The van der Waals surface area contributed by atoms with Gasteiger partial charge in [0, 0.05) is 25.4 Å². The highest BCUT2D eigenvalue weighted by atomic mass is 32.2. The molecular formula is C10H18N2O2S. The smallest absolute Gasteiger partial charge is 0.239 e. The van der Waals surface area contributed by atoms with Crippen LogP contribution in [0.3, 0.4) is 0 Å². The molecule has 2 aliphatic rings. The number of nitrogens with zero attached hydrogens (tertiary/aromatic N) is 1. The lowest BCUT2D eigenvalue weighted by Gasteiger charge is -2.26. The van der Waals surface area contributed by atoms with Crippen LogP contribution in [0.5, 0.6) is 0 Å². The summed E-state index contributed by atoms with van der Waals surface area (Å²) >= 11 is 1.91. The third-order valence-corrected chi connectivity index (χ3v) is 4.35. The van der Waals surface area contributed by atoms with Gasteiger partial charge in [0.1, 0.15) is 0 Å². The summed E-state index contributed by atoms with van der Waals surface area (Å²) in [5.74, 6) is 2.35. The second kappa shape index (κ2) is 4.72. The molecule has 5 heteroatoms. The van der Waals surface area contributed by atoms with E-state index in [0.717, 1.165) is 17.9 Å². The van der Waals surface area contributed by atoms with Gasteiger partial charge in [-0.3, -0.25) is 4.79 Å². The number of β-amino-alcohol motifs (C(OH)–C–C–N with tert-alkyl or cyclic N) is 1. The summed E-state index contributed by atoms with van der Waals surface area (Å²) < 4.78 is 0. The molecule has 0 bridgehead atoms. The van der Waals surface area contributed by atoms with E-state index in [1.807, 2.05) is 23.7 Å². The average Bonchev–Trinajstić information content (AvgIpc) is 2.85. The fourth-order valence-electron chi connectivity index (χ4n) is 2.16. The first-order valence-electron chi connectivity index (χ1n) is 5.44. The van der Waals surface area contributed by atoms with Crippen LogP contribution in [0.15, 0.2) is 0 Å². The Balaban J connectivity index is 1.89. The Labute approximate surface area is 94.4 Å². The number of thioether (sulfide) groups is 1. The topological polar surface area (TPSA) is 52.6 Å². The SMILES string of the molecule is CN(C(=O)[C@H]1C[C@H](O)CN1)C1CCSC1. The molecule has 3 atom stereocenters. The quantitative estimate of drug-likeness (QED) is 0.682. The highest BCUT2D eigenvalue weighted by Crippen LogP contribution is 2.22. The number of rotatable bonds is 2. The zero-order valence-corrected chi connectivity index (χ0v) is 9.80. The van der Waals surface area contributed by atoms with Crippen molar-refractivity contribution in [3.63, 3.8) is 0 Å². The van der Waals surface area contributed by atoms with Crippen molar-refractivity contribution in [3.05, 3.63) is 0 Å². The molecule has 86 valence electrons. The van der Waals surface area contributed by atoms with Crippen molar-refractivity contribution in [1.29, 1.82) is 0 Å². The Morgan fingerprint density at radius 1 is 1.60 bits per heavy atom. The van der Waals surface area contributed by atoms with E-state index in [0.29, 0.717) is 19.0 Å². The fraction of sp³-hybridized carbons (Fsp3) is 0.900. The van der Waals surface area contributed by atoms with Gasteiger partial charge in [0.05, 0.1) is 12.1 Å². The van der Waals surface area contributed by atoms with E-state index in [1.54, 1.807) is 0 Å². The van der Waals surface area contributed by atoms with Crippen molar-refractivity contribution < 1.29 is 9.90 Å². The first-order valence-corrected chi connectivity index (χ1v) is 6.60. The molecular weight excluding hydrogens is 212 g/mol. The van der Waals surface area contributed by atoms with Crippen LogP contribution in [0.1, 0.15) is 12.8 Å². The maximum Gasteiger partial charge on any atom is 0.239 e. The number of hydrogen-bond donors (Lipinski definition) is 2. The molecule has 4 nitrogen and oxygen atoms in total. The molecule has 2 saturated heterocycles. The lowest BCUT2D eigenvalue weighted by Crippen LogP contribution is -2.46. The Morgan fingerprint density at radius 3 is 2.93 bits per heavy atom. The molecule has 2 rings (SSSR count). The zero-order valence-electron chi connectivity index (χ0n) is 8.98. The van der Waals surface area contributed by atoms with E-state index in [1.165, 1.54) is 0 Å². The van der Waals surface area contributed by atoms with Gasteiger partial charge in [0.2, 0.25) is 5.91 Å². The van der Waals surface area contributed by atoms with Crippen LogP contribution < -0.4 is 5.32 Å². The first kappa shape index (κ1) is 11.2. The van der Waals surface area contributed by atoms with E-state index in [-0.39, 0.29) is 18.1 Å². The molecule has 0 aromatic heterocycles. The summed E-state index contributed by atoms with van der Waals surface area (Å²) in [5, 5.41) is 12.4. The Morgan fingerprint density at radius 2 is 2.40 bits per heavy atom. The van der Waals surface area contributed by atoms with Crippen molar-refractivity contribution >= 4 is 17.7 Å². The van der Waals surface area contributed by atoms with Crippen LogP contribution in [0.25, 0.3) is 0 Å². The van der Waals surface area contributed by atoms with Crippen LogP contribution in [0.4, 0.5) is 0 Å². The van der Waals surface area contributed by atoms with E-state index >= 15 is 0 Å². The van der Waals surface area contributed by atoms with Crippen LogP contribution in [0, 0.1) is 0 Å². The van der Waals surface area contributed by atoms with Crippen molar-refractivity contribution in [2.24, 2.45) is 0 Å². The maximum atomic E-state index is 12.0. The van der Waals surface area contributed by atoms with Crippen LogP contribution >= 0.6 is 11.8 Å². The van der Waals surface area contributed by atoms with E-state index in [2.05, 4.69) is 5.32 Å². The molecule has 0 aromatic carbocycles. The second-order valence-corrected chi connectivity index (χ2v) is 5.47. The third-order valence-electron chi connectivity index (χ3n) is 3.21.